The third kappa shape index (κ3) is 3.56. The van der Waals surface area contributed by atoms with Crippen LogP contribution in [-0.2, 0) is 17.6 Å². The second-order valence-electron chi connectivity index (χ2n) is 7.70. The molecule has 1 atom stereocenters. The number of carbonyl (C=O) groups is 1. The van der Waals surface area contributed by atoms with E-state index in [4.69, 9.17) is 9.47 Å². The van der Waals surface area contributed by atoms with Gasteiger partial charge in [-0.25, -0.2) is 0 Å². The molecule has 3 aromatic heterocycles. The Balaban J connectivity index is 1.31. The molecule has 160 valence electrons. The molecule has 4 aromatic rings. The van der Waals surface area contributed by atoms with Gasteiger partial charge in [-0.15, -0.1) is 15.3 Å². The van der Waals surface area contributed by atoms with E-state index in [-0.39, 0.29) is 11.9 Å². The molecule has 0 spiro atoms. The number of nitrogens with zero attached hydrogens (tertiary/aromatic N) is 4. The predicted octanol–water partition coefficient (Wildman–Crippen LogP) is 2.75. The van der Waals surface area contributed by atoms with Crippen molar-refractivity contribution in [2.24, 2.45) is 0 Å². The van der Waals surface area contributed by atoms with E-state index < -0.39 is 0 Å². The van der Waals surface area contributed by atoms with Crippen molar-refractivity contribution in [3.05, 3.63) is 47.4 Å². The van der Waals surface area contributed by atoms with Crippen LogP contribution in [0.15, 0.2) is 30.3 Å². The summed E-state index contributed by atoms with van der Waals surface area (Å²) in [6, 6.07) is 9.54. The maximum atomic E-state index is 12.7. The van der Waals surface area contributed by atoms with Gasteiger partial charge in [0.1, 0.15) is 5.75 Å². The molecule has 5 rings (SSSR count). The number of H-pyrrole nitrogens is 1. The standard InChI is InChI=1S/C22H24N6O3/c1-30-13-6-7-16-15(12-13)14-4-3-5-17(22(14)24-16)23-20(29)10-8-18-25-26-19-9-11-21(31-2)27-28(18)19/h6-7,9,11-12,17,24H,3-5,8,10H2,1-2H3,(H,23,29). The zero-order valence-electron chi connectivity index (χ0n) is 17.5. The van der Waals surface area contributed by atoms with Gasteiger partial charge in [0, 0.05) is 35.5 Å². The number of ether oxygens (including phenoxy) is 2. The van der Waals surface area contributed by atoms with Crippen LogP contribution >= 0.6 is 0 Å². The van der Waals surface area contributed by atoms with Crippen LogP contribution in [0.25, 0.3) is 16.6 Å². The van der Waals surface area contributed by atoms with E-state index in [0.29, 0.717) is 30.2 Å². The molecule has 1 unspecified atom stereocenters. The number of hydrogen-bond acceptors (Lipinski definition) is 6. The molecule has 9 heteroatoms. The van der Waals surface area contributed by atoms with Crippen molar-refractivity contribution in [2.45, 2.75) is 38.1 Å². The Hall–Kier alpha value is -3.62. The Morgan fingerprint density at radius 2 is 2.13 bits per heavy atom. The van der Waals surface area contributed by atoms with E-state index in [9.17, 15) is 4.79 Å². The molecular weight excluding hydrogens is 396 g/mol. The number of aromatic amines is 1. The molecule has 0 fully saturated rings. The lowest BCUT2D eigenvalue weighted by molar-refractivity contribution is -0.122. The monoisotopic (exact) mass is 420 g/mol. The summed E-state index contributed by atoms with van der Waals surface area (Å²) < 4.78 is 12.2. The lowest BCUT2D eigenvalue weighted by atomic mass is 9.91. The zero-order valence-corrected chi connectivity index (χ0v) is 17.5. The fourth-order valence-corrected chi connectivity index (χ4v) is 4.29. The molecule has 1 aromatic carbocycles. The van der Waals surface area contributed by atoms with Crippen LogP contribution in [0, 0.1) is 0 Å². The minimum atomic E-state index is -0.0250. The smallest absolute Gasteiger partial charge is 0.231 e. The van der Waals surface area contributed by atoms with Gasteiger partial charge in [-0.1, -0.05) is 0 Å². The van der Waals surface area contributed by atoms with Crippen LogP contribution in [0.5, 0.6) is 11.6 Å². The number of methoxy groups -OCH3 is 2. The first kappa shape index (κ1) is 19.3. The Morgan fingerprint density at radius 1 is 1.23 bits per heavy atom. The Bertz CT molecular complexity index is 1260. The lowest BCUT2D eigenvalue weighted by Gasteiger charge is -2.23. The van der Waals surface area contributed by atoms with Crippen LogP contribution in [0.3, 0.4) is 0 Å². The van der Waals surface area contributed by atoms with Crippen LogP contribution < -0.4 is 14.8 Å². The van der Waals surface area contributed by atoms with Gasteiger partial charge in [0.25, 0.3) is 0 Å². The molecule has 0 saturated heterocycles. The minimum Gasteiger partial charge on any atom is -0.497 e. The molecule has 0 aliphatic heterocycles. The second-order valence-corrected chi connectivity index (χ2v) is 7.70. The number of nitrogens with one attached hydrogen (secondary N) is 2. The van der Waals surface area contributed by atoms with Crippen LogP contribution in [-0.4, -0.2) is 44.9 Å². The molecule has 1 amide bonds. The summed E-state index contributed by atoms with van der Waals surface area (Å²) in [7, 11) is 3.23. The van der Waals surface area contributed by atoms with Gasteiger partial charge in [-0.2, -0.15) is 4.52 Å². The number of benzene rings is 1. The molecule has 1 aliphatic rings. The molecule has 3 heterocycles. The summed E-state index contributed by atoms with van der Waals surface area (Å²) in [5.41, 5.74) is 4.07. The summed E-state index contributed by atoms with van der Waals surface area (Å²) in [4.78, 5) is 16.3. The number of carbonyl (C=O) groups excluding carboxylic acids is 1. The second kappa shape index (κ2) is 7.90. The largest absolute Gasteiger partial charge is 0.497 e. The molecule has 9 nitrogen and oxygen atoms in total. The first-order valence-corrected chi connectivity index (χ1v) is 10.4. The first-order valence-electron chi connectivity index (χ1n) is 10.4. The fourth-order valence-electron chi connectivity index (χ4n) is 4.29. The zero-order chi connectivity index (χ0) is 21.4. The van der Waals surface area contributed by atoms with E-state index in [0.717, 1.165) is 36.2 Å². The van der Waals surface area contributed by atoms with Crippen molar-refractivity contribution >= 4 is 22.5 Å². The maximum Gasteiger partial charge on any atom is 0.231 e. The quantitative estimate of drug-likeness (QED) is 0.497. The number of aromatic nitrogens is 5. The summed E-state index contributed by atoms with van der Waals surface area (Å²) in [6.45, 7) is 0. The van der Waals surface area contributed by atoms with Crippen LogP contribution in [0.1, 0.15) is 42.4 Å². The van der Waals surface area contributed by atoms with Crippen molar-refractivity contribution in [3.63, 3.8) is 0 Å². The number of amides is 1. The average molecular weight is 420 g/mol. The Labute approximate surface area is 178 Å². The third-order valence-corrected chi connectivity index (χ3v) is 5.84. The molecular formula is C22H24N6O3. The van der Waals surface area contributed by atoms with E-state index in [1.807, 2.05) is 12.1 Å². The molecule has 31 heavy (non-hydrogen) atoms. The summed E-state index contributed by atoms with van der Waals surface area (Å²) in [5.74, 6) is 1.93. The predicted molar refractivity (Wildman–Crippen MR) is 114 cm³/mol. The maximum absolute atomic E-state index is 12.7. The number of hydrogen-bond donors (Lipinski definition) is 2. The van der Waals surface area contributed by atoms with Gasteiger partial charge in [-0.3, -0.25) is 4.79 Å². The number of rotatable bonds is 6. The van der Waals surface area contributed by atoms with Crippen molar-refractivity contribution in [1.29, 1.82) is 0 Å². The highest BCUT2D eigenvalue weighted by molar-refractivity contribution is 5.87. The van der Waals surface area contributed by atoms with Crippen molar-refractivity contribution in [1.82, 2.24) is 30.1 Å². The van der Waals surface area contributed by atoms with Gasteiger partial charge < -0.3 is 19.8 Å². The van der Waals surface area contributed by atoms with E-state index in [1.165, 1.54) is 10.9 Å². The topological polar surface area (TPSA) is 106 Å². The summed E-state index contributed by atoms with van der Waals surface area (Å²) in [6.07, 6.45) is 3.68. The van der Waals surface area contributed by atoms with Crippen molar-refractivity contribution in [2.75, 3.05) is 14.2 Å². The Morgan fingerprint density at radius 3 is 2.97 bits per heavy atom. The van der Waals surface area contributed by atoms with E-state index >= 15 is 0 Å². The highest BCUT2D eigenvalue weighted by atomic mass is 16.5. The van der Waals surface area contributed by atoms with Gasteiger partial charge in [0.05, 0.1) is 20.3 Å². The molecule has 0 radical (unpaired) electrons. The molecule has 1 aliphatic carbocycles. The van der Waals surface area contributed by atoms with E-state index in [2.05, 4.69) is 31.7 Å². The van der Waals surface area contributed by atoms with Gasteiger partial charge in [-0.05, 0) is 49.1 Å². The molecule has 0 saturated carbocycles. The van der Waals surface area contributed by atoms with Gasteiger partial charge >= 0.3 is 0 Å². The number of fused-ring (bicyclic) bond motifs is 4. The number of aryl methyl sites for hydroxylation is 2. The first-order chi connectivity index (χ1) is 15.2. The lowest BCUT2D eigenvalue weighted by Crippen LogP contribution is -2.31. The highest BCUT2D eigenvalue weighted by Crippen LogP contribution is 2.36. The third-order valence-electron chi connectivity index (χ3n) is 5.84. The van der Waals surface area contributed by atoms with Gasteiger partial charge in [0.15, 0.2) is 11.5 Å². The summed E-state index contributed by atoms with van der Waals surface area (Å²) in [5, 5.41) is 17.0. The molecule has 0 bridgehead atoms. The molecule has 2 N–H and O–H groups in total. The normalized spacial score (nSPS) is 15.7. The summed E-state index contributed by atoms with van der Waals surface area (Å²) >= 11 is 0. The SMILES string of the molecule is COc1ccc2[nH]c3c(c2c1)CCCC3NC(=O)CCc1nnc2ccc(OC)nn12. The minimum absolute atomic E-state index is 0.0197. The van der Waals surface area contributed by atoms with Gasteiger partial charge in [0.2, 0.25) is 11.8 Å². The highest BCUT2D eigenvalue weighted by Gasteiger charge is 2.26. The van der Waals surface area contributed by atoms with E-state index in [1.54, 1.807) is 30.9 Å². The van der Waals surface area contributed by atoms with Crippen LogP contribution in [0.4, 0.5) is 0 Å². The van der Waals surface area contributed by atoms with Crippen LogP contribution in [0.2, 0.25) is 0 Å². The fraction of sp³-hybridized carbons (Fsp3) is 0.364. The van der Waals surface area contributed by atoms with Crippen molar-refractivity contribution < 1.29 is 14.3 Å². The Kier molecular flexibility index (Phi) is 4.93. The van der Waals surface area contributed by atoms with Crippen molar-refractivity contribution in [3.8, 4) is 11.6 Å². The average Bonchev–Trinajstić information content (AvgIpc) is 3.38.